The van der Waals surface area contributed by atoms with Crippen LogP contribution in [0.15, 0.2) is 0 Å². The Morgan fingerprint density at radius 1 is 1.53 bits per heavy atom. The van der Waals surface area contributed by atoms with E-state index in [1.54, 1.807) is 0 Å². The molecule has 0 bridgehead atoms. The predicted octanol–water partition coefficient (Wildman–Crippen LogP) is -1.30. The number of ether oxygens (including phenoxy) is 2. The lowest BCUT2D eigenvalue weighted by molar-refractivity contribution is -0.0847. The zero-order valence-corrected chi connectivity index (χ0v) is 9.50. The average Bonchev–Trinajstić information content (AvgIpc) is 2.27. The van der Waals surface area contributed by atoms with E-state index in [2.05, 4.69) is 4.72 Å². The van der Waals surface area contributed by atoms with Gasteiger partial charge in [0.05, 0.1) is 37.8 Å². The summed E-state index contributed by atoms with van der Waals surface area (Å²) in [7, 11) is -3.45. The van der Waals surface area contributed by atoms with E-state index in [-0.39, 0.29) is 12.6 Å². The molecule has 1 aliphatic heterocycles. The Labute approximate surface area is 89.6 Å². The molecule has 0 aliphatic carbocycles. The molecule has 90 valence electrons. The second-order valence-electron chi connectivity index (χ2n) is 3.45. The topological polar surface area (TPSA) is 84.9 Å². The molecule has 0 radical (unpaired) electrons. The van der Waals surface area contributed by atoms with Gasteiger partial charge >= 0.3 is 0 Å². The van der Waals surface area contributed by atoms with Crippen LogP contribution in [0.3, 0.4) is 0 Å². The number of aliphatic hydroxyl groups is 1. The second-order valence-corrected chi connectivity index (χ2v) is 5.64. The van der Waals surface area contributed by atoms with Gasteiger partial charge in [-0.05, 0) is 6.92 Å². The first-order valence-electron chi connectivity index (χ1n) is 4.85. The second kappa shape index (κ2) is 5.76. The van der Waals surface area contributed by atoms with Gasteiger partial charge in [0.15, 0.2) is 0 Å². The van der Waals surface area contributed by atoms with E-state index in [1.165, 1.54) is 6.92 Å². The average molecular weight is 239 g/mol. The largest absolute Gasteiger partial charge is 0.395 e. The van der Waals surface area contributed by atoms with Crippen molar-refractivity contribution in [1.82, 2.24) is 4.72 Å². The first-order chi connectivity index (χ1) is 7.06. The quantitative estimate of drug-likeness (QED) is 0.623. The molecule has 0 spiro atoms. The molecule has 2 N–H and O–H groups in total. The van der Waals surface area contributed by atoms with Gasteiger partial charge < -0.3 is 14.6 Å². The molecular weight excluding hydrogens is 222 g/mol. The van der Waals surface area contributed by atoms with E-state index in [0.29, 0.717) is 19.8 Å². The molecule has 1 fully saturated rings. The van der Waals surface area contributed by atoms with Gasteiger partial charge in [-0.2, -0.15) is 0 Å². The Hall–Kier alpha value is -0.210. The van der Waals surface area contributed by atoms with Gasteiger partial charge in [-0.3, -0.25) is 0 Å². The Morgan fingerprint density at radius 2 is 2.27 bits per heavy atom. The zero-order chi connectivity index (χ0) is 11.3. The van der Waals surface area contributed by atoms with Crippen LogP contribution in [-0.2, 0) is 19.5 Å². The van der Waals surface area contributed by atoms with Crippen LogP contribution >= 0.6 is 0 Å². The maximum absolute atomic E-state index is 11.4. The van der Waals surface area contributed by atoms with Crippen molar-refractivity contribution in [3.8, 4) is 0 Å². The van der Waals surface area contributed by atoms with Crippen LogP contribution in [0, 0.1) is 0 Å². The van der Waals surface area contributed by atoms with Crippen molar-refractivity contribution in [2.75, 3.05) is 33.0 Å². The highest BCUT2D eigenvalue weighted by Crippen LogP contribution is 2.02. The summed E-state index contributed by atoms with van der Waals surface area (Å²) in [5.74, 6) is 0. The molecule has 0 aromatic rings. The molecule has 1 heterocycles. The number of sulfonamides is 1. The van der Waals surface area contributed by atoms with Crippen molar-refractivity contribution < 1.29 is 23.0 Å². The fourth-order valence-corrected chi connectivity index (χ4v) is 2.00. The molecule has 0 saturated carbocycles. The molecule has 2 atom stereocenters. The van der Waals surface area contributed by atoms with E-state index in [0.717, 1.165) is 0 Å². The van der Waals surface area contributed by atoms with Gasteiger partial charge in [-0.25, -0.2) is 13.1 Å². The Balaban J connectivity index is 2.35. The van der Waals surface area contributed by atoms with Crippen LogP contribution in [0.1, 0.15) is 6.92 Å². The smallest absolute Gasteiger partial charge is 0.216 e. The maximum Gasteiger partial charge on any atom is 0.216 e. The van der Waals surface area contributed by atoms with Crippen LogP contribution < -0.4 is 4.72 Å². The number of hydrogen-bond acceptors (Lipinski definition) is 5. The molecular formula is C8H17NO5S. The molecule has 1 rings (SSSR count). The van der Waals surface area contributed by atoms with Crippen molar-refractivity contribution in [1.29, 1.82) is 0 Å². The SMILES string of the molecule is CC(CO)S(=O)(=O)NCC1COCCO1. The predicted molar refractivity (Wildman–Crippen MR) is 54.0 cm³/mol. The monoisotopic (exact) mass is 239 g/mol. The number of nitrogens with one attached hydrogen (secondary N) is 1. The standard InChI is InChI=1S/C8H17NO5S/c1-7(5-10)15(11,12)9-4-8-6-13-2-3-14-8/h7-10H,2-6H2,1H3. The summed E-state index contributed by atoms with van der Waals surface area (Å²) in [6, 6.07) is 0. The van der Waals surface area contributed by atoms with Gasteiger partial charge in [-0.15, -0.1) is 0 Å². The van der Waals surface area contributed by atoms with Gasteiger partial charge in [0.1, 0.15) is 0 Å². The third kappa shape index (κ3) is 4.04. The number of aliphatic hydroxyl groups excluding tert-OH is 1. The summed E-state index contributed by atoms with van der Waals surface area (Å²) >= 11 is 0. The Morgan fingerprint density at radius 3 is 2.80 bits per heavy atom. The normalized spacial score (nSPS) is 25.1. The van der Waals surface area contributed by atoms with Crippen LogP contribution in [0.2, 0.25) is 0 Å². The van der Waals surface area contributed by atoms with Gasteiger partial charge in [0.2, 0.25) is 10.0 Å². The minimum Gasteiger partial charge on any atom is -0.395 e. The van der Waals surface area contributed by atoms with Crippen molar-refractivity contribution in [2.45, 2.75) is 18.3 Å². The fraction of sp³-hybridized carbons (Fsp3) is 1.00. The highest BCUT2D eigenvalue weighted by atomic mass is 32.2. The lowest BCUT2D eigenvalue weighted by atomic mass is 10.3. The molecule has 15 heavy (non-hydrogen) atoms. The van der Waals surface area contributed by atoms with Gasteiger partial charge in [-0.1, -0.05) is 0 Å². The summed E-state index contributed by atoms with van der Waals surface area (Å²) < 4.78 is 35.7. The summed E-state index contributed by atoms with van der Waals surface area (Å²) in [5.41, 5.74) is 0. The highest BCUT2D eigenvalue weighted by Gasteiger charge is 2.22. The molecule has 0 aromatic carbocycles. The first-order valence-corrected chi connectivity index (χ1v) is 6.39. The third-order valence-electron chi connectivity index (χ3n) is 2.18. The lowest BCUT2D eigenvalue weighted by Crippen LogP contribution is -2.43. The van der Waals surface area contributed by atoms with E-state index < -0.39 is 21.9 Å². The molecule has 0 aromatic heterocycles. The molecule has 7 heteroatoms. The zero-order valence-electron chi connectivity index (χ0n) is 8.68. The summed E-state index contributed by atoms with van der Waals surface area (Å²) in [6.07, 6.45) is -0.237. The number of hydrogen-bond donors (Lipinski definition) is 2. The van der Waals surface area contributed by atoms with Crippen LogP contribution in [0.5, 0.6) is 0 Å². The molecule has 1 aliphatic rings. The molecule has 6 nitrogen and oxygen atoms in total. The molecule has 0 amide bonds. The van der Waals surface area contributed by atoms with Crippen LogP contribution in [0.25, 0.3) is 0 Å². The van der Waals surface area contributed by atoms with Gasteiger partial charge in [0.25, 0.3) is 0 Å². The summed E-state index contributed by atoms with van der Waals surface area (Å²) in [6.45, 7) is 2.68. The lowest BCUT2D eigenvalue weighted by Gasteiger charge is -2.23. The van der Waals surface area contributed by atoms with Crippen molar-refractivity contribution in [3.63, 3.8) is 0 Å². The molecule has 1 saturated heterocycles. The van der Waals surface area contributed by atoms with Crippen LogP contribution in [0.4, 0.5) is 0 Å². The Bertz CT molecular complexity index is 273. The number of rotatable bonds is 5. The summed E-state index contributed by atoms with van der Waals surface area (Å²) in [4.78, 5) is 0. The first kappa shape index (κ1) is 12.9. The van der Waals surface area contributed by atoms with Crippen molar-refractivity contribution in [2.24, 2.45) is 0 Å². The Kier molecular flexibility index (Phi) is 4.94. The van der Waals surface area contributed by atoms with E-state index in [1.807, 2.05) is 0 Å². The van der Waals surface area contributed by atoms with Crippen molar-refractivity contribution in [3.05, 3.63) is 0 Å². The third-order valence-corrected chi connectivity index (χ3v) is 3.96. The van der Waals surface area contributed by atoms with E-state index in [9.17, 15) is 8.42 Å². The fourth-order valence-electron chi connectivity index (χ4n) is 1.10. The summed E-state index contributed by atoms with van der Waals surface area (Å²) in [5, 5.41) is 7.93. The highest BCUT2D eigenvalue weighted by molar-refractivity contribution is 7.90. The van der Waals surface area contributed by atoms with Crippen LogP contribution in [-0.4, -0.2) is 57.9 Å². The van der Waals surface area contributed by atoms with E-state index in [4.69, 9.17) is 14.6 Å². The minimum absolute atomic E-state index is 0.187. The van der Waals surface area contributed by atoms with Gasteiger partial charge in [0, 0.05) is 6.54 Å². The molecule has 2 unspecified atom stereocenters. The minimum atomic E-state index is -3.45. The van der Waals surface area contributed by atoms with Crippen molar-refractivity contribution >= 4 is 10.0 Å². The van der Waals surface area contributed by atoms with E-state index >= 15 is 0 Å². The maximum atomic E-state index is 11.4.